The lowest BCUT2D eigenvalue weighted by molar-refractivity contribution is -0.302. The number of allylic oxidation sites excluding steroid dienone is 9. The third-order valence-corrected chi connectivity index (χ3v) is 9.13. The Bertz CT molecular complexity index is 1010. The normalized spacial score (nSPS) is 23.1. The predicted octanol–water partition coefficient (Wildman–Crippen LogP) is 6.24. The highest BCUT2D eigenvalue weighted by Crippen LogP contribution is 2.22. The van der Waals surface area contributed by atoms with Crippen LogP contribution in [0.15, 0.2) is 60.8 Å². The molecule has 8 atom stereocenters. The zero-order chi connectivity index (χ0) is 38.2. The number of amides is 1. The van der Waals surface area contributed by atoms with Crippen molar-refractivity contribution in [3.05, 3.63) is 60.8 Å². The van der Waals surface area contributed by atoms with Gasteiger partial charge in [-0.3, -0.25) is 4.79 Å². The molecule has 1 amide bonds. The molecule has 10 nitrogen and oxygen atoms in total. The van der Waals surface area contributed by atoms with E-state index in [9.17, 15) is 35.4 Å². The second-order valence-electron chi connectivity index (χ2n) is 13.8. The van der Waals surface area contributed by atoms with Crippen LogP contribution in [0.4, 0.5) is 0 Å². The molecule has 0 aromatic carbocycles. The van der Waals surface area contributed by atoms with Crippen LogP contribution in [0.1, 0.15) is 136 Å². The number of carbonyl (C=O) groups excluding carboxylic acids is 1. The van der Waals surface area contributed by atoms with E-state index in [-0.39, 0.29) is 13.0 Å². The van der Waals surface area contributed by atoms with E-state index in [1.807, 2.05) is 6.08 Å². The molecule has 7 N–H and O–H groups in total. The minimum atomic E-state index is -1.62. The maximum Gasteiger partial charge on any atom is 0.249 e. The first-order chi connectivity index (χ1) is 25.3. The Morgan fingerprint density at radius 1 is 0.673 bits per heavy atom. The SMILES string of the molecule is CCC/C=C/CC/C=C/CC/C=C/C(O)C(COC1OC(CO)C(O)C(O)C1O)NC(=O)C(O)CCCCCCCC/C=C\C/C=C\CCCCC. The van der Waals surface area contributed by atoms with Crippen LogP contribution in [-0.4, -0.2) is 98.7 Å². The van der Waals surface area contributed by atoms with Crippen molar-refractivity contribution < 1.29 is 44.9 Å². The molecule has 0 bridgehead atoms. The minimum absolute atomic E-state index is 0.285. The molecule has 0 aromatic rings. The van der Waals surface area contributed by atoms with Gasteiger partial charge in [-0.15, -0.1) is 0 Å². The number of hydrogen-bond acceptors (Lipinski definition) is 9. The molecule has 1 aliphatic heterocycles. The van der Waals surface area contributed by atoms with Crippen molar-refractivity contribution in [2.45, 2.75) is 185 Å². The molecule has 300 valence electrons. The van der Waals surface area contributed by atoms with E-state index in [1.54, 1.807) is 6.08 Å². The van der Waals surface area contributed by atoms with Crippen LogP contribution in [0.5, 0.6) is 0 Å². The highest BCUT2D eigenvalue weighted by molar-refractivity contribution is 5.80. The lowest BCUT2D eigenvalue weighted by Gasteiger charge is -2.40. The van der Waals surface area contributed by atoms with Crippen molar-refractivity contribution in [3.8, 4) is 0 Å². The third kappa shape index (κ3) is 22.8. The predicted molar refractivity (Wildman–Crippen MR) is 208 cm³/mol. The maximum atomic E-state index is 13.0. The minimum Gasteiger partial charge on any atom is -0.394 e. The van der Waals surface area contributed by atoms with E-state index >= 15 is 0 Å². The molecule has 1 rings (SSSR count). The van der Waals surface area contributed by atoms with Gasteiger partial charge in [0, 0.05) is 0 Å². The summed E-state index contributed by atoms with van der Waals surface area (Å²) >= 11 is 0. The van der Waals surface area contributed by atoms with Gasteiger partial charge in [-0.2, -0.15) is 0 Å². The van der Waals surface area contributed by atoms with Crippen LogP contribution < -0.4 is 5.32 Å². The Balaban J connectivity index is 2.51. The number of ether oxygens (including phenoxy) is 2. The molecular weight excluding hydrogens is 662 g/mol. The van der Waals surface area contributed by atoms with Crippen molar-refractivity contribution in [2.75, 3.05) is 13.2 Å². The van der Waals surface area contributed by atoms with E-state index < -0.39 is 61.5 Å². The lowest BCUT2D eigenvalue weighted by atomic mass is 9.99. The van der Waals surface area contributed by atoms with Gasteiger partial charge in [0.05, 0.1) is 25.4 Å². The molecule has 0 aliphatic carbocycles. The molecule has 52 heavy (non-hydrogen) atoms. The summed E-state index contributed by atoms with van der Waals surface area (Å²) in [6, 6.07) is -1.01. The van der Waals surface area contributed by atoms with Gasteiger partial charge in [0.25, 0.3) is 0 Å². The molecule has 1 heterocycles. The number of unbranched alkanes of at least 4 members (excludes halogenated alkanes) is 12. The Labute approximate surface area is 314 Å². The van der Waals surface area contributed by atoms with Gasteiger partial charge in [-0.25, -0.2) is 0 Å². The summed E-state index contributed by atoms with van der Waals surface area (Å²) in [5.41, 5.74) is 0. The van der Waals surface area contributed by atoms with Gasteiger partial charge < -0.3 is 45.4 Å². The zero-order valence-corrected chi connectivity index (χ0v) is 32.1. The monoisotopic (exact) mass is 736 g/mol. The molecule has 0 spiro atoms. The topological polar surface area (TPSA) is 169 Å². The summed E-state index contributed by atoms with van der Waals surface area (Å²) in [6.07, 6.45) is 30.3. The van der Waals surface area contributed by atoms with Crippen molar-refractivity contribution >= 4 is 5.91 Å². The van der Waals surface area contributed by atoms with Crippen LogP contribution in [0.2, 0.25) is 0 Å². The highest BCUT2D eigenvalue weighted by atomic mass is 16.7. The Kier molecular flexibility index (Phi) is 29.7. The van der Waals surface area contributed by atoms with E-state index in [0.29, 0.717) is 12.8 Å². The molecular formula is C42H73NO9. The molecule has 0 saturated carbocycles. The van der Waals surface area contributed by atoms with Crippen molar-refractivity contribution in [3.63, 3.8) is 0 Å². The largest absolute Gasteiger partial charge is 0.394 e. The van der Waals surface area contributed by atoms with Crippen LogP contribution in [0.3, 0.4) is 0 Å². The fourth-order valence-corrected chi connectivity index (χ4v) is 5.76. The summed E-state index contributed by atoms with van der Waals surface area (Å²) in [5, 5.41) is 64.3. The van der Waals surface area contributed by atoms with E-state index in [4.69, 9.17) is 9.47 Å². The van der Waals surface area contributed by atoms with Crippen LogP contribution in [-0.2, 0) is 14.3 Å². The number of rotatable bonds is 31. The maximum absolute atomic E-state index is 13.0. The Morgan fingerprint density at radius 3 is 1.85 bits per heavy atom. The van der Waals surface area contributed by atoms with Crippen molar-refractivity contribution in [1.82, 2.24) is 5.32 Å². The van der Waals surface area contributed by atoms with Gasteiger partial charge in [-0.05, 0) is 70.6 Å². The van der Waals surface area contributed by atoms with Crippen LogP contribution in [0.25, 0.3) is 0 Å². The lowest BCUT2D eigenvalue weighted by Crippen LogP contribution is -2.60. The zero-order valence-electron chi connectivity index (χ0n) is 32.1. The van der Waals surface area contributed by atoms with E-state index in [0.717, 1.165) is 77.0 Å². The summed E-state index contributed by atoms with van der Waals surface area (Å²) in [6.45, 7) is 3.44. The van der Waals surface area contributed by atoms with Crippen molar-refractivity contribution in [1.29, 1.82) is 0 Å². The molecule has 10 heteroatoms. The number of aliphatic hydroxyl groups excluding tert-OH is 6. The van der Waals surface area contributed by atoms with Crippen LogP contribution >= 0.6 is 0 Å². The van der Waals surface area contributed by atoms with Gasteiger partial charge in [0.1, 0.15) is 30.5 Å². The molecule has 0 aromatic heterocycles. The standard InChI is InChI=1S/C42H73NO9/c1-3-5-7-9-11-13-15-16-17-18-19-21-23-25-27-29-31-36(46)41(50)43-34(33-51-42-40(49)39(48)38(47)37(32-44)52-42)35(45)30-28-26-24-22-20-14-12-10-8-6-4-2/h8,10-11,13,16-17,20,22,28,30,34-40,42,44-49H,3-7,9,12,14-15,18-19,21,23-27,29,31-33H2,1-2H3,(H,43,50)/b10-8+,13-11-,17-16-,22-20+,30-28+. The average Bonchev–Trinajstić information content (AvgIpc) is 3.14. The molecule has 1 saturated heterocycles. The van der Waals surface area contributed by atoms with E-state index in [1.165, 1.54) is 25.7 Å². The second-order valence-corrected chi connectivity index (χ2v) is 13.8. The summed E-state index contributed by atoms with van der Waals surface area (Å²) < 4.78 is 11.1. The molecule has 1 aliphatic rings. The molecule has 8 unspecified atom stereocenters. The van der Waals surface area contributed by atoms with Crippen molar-refractivity contribution in [2.24, 2.45) is 0 Å². The number of nitrogens with one attached hydrogen (secondary N) is 1. The highest BCUT2D eigenvalue weighted by Gasteiger charge is 2.44. The first-order valence-corrected chi connectivity index (χ1v) is 20.1. The third-order valence-electron chi connectivity index (χ3n) is 9.13. The number of hydrogen-bond donors (Lipinski definition) is 7. The second kappa shape index (κ2) is 32.3. The first-order valence-electron chi connectivity index (χ1n) is 20.1. The summed E-state index contributed by atoms with van der Waals surface area (Å²) in [4.78, 5) is 13.0. The molecule has 1 fully saturated rings. The van der Waals surface area contributed by atoms with Gasteiger partial charge in [0.2, 0.25) is 5.91 Å². The summed E-state index contributed by atoms with van der Waals surface area (Å²) in [5.74, 6) is -0.645. The fraction of sp³-hybridized carbons (Fsp3) is 0.738. The smallest absolute Gasteiger partial charge is 0.249 e. The molecule has 0 radical (unpaired) electrons. The Morgan fingerprint density at radius 2 is 1.23 bits per heavy atom. The quantitative estimate of drug-likeness (QED) is 0.0322. The average molecular weight is 736 g/mol. The Hall–Kier alpha value is -2.15. The van der Waals surface area contributed by atoms with Gasteiger partial charge in [-0.1, -0.05) is 126 Å². The first kappa shape index (κ1) is 47.9. The number of aliphatic hydroxyl groups is 6. The summed E-state index contributed by atoms with van der Waals surface area (Å²) in [7, 11) is 0. The van der Waals surface area contributed by atoms with E-state index in [2.05, 4.69) is 67.8 Å². The van der Waals surface area contributed by atoms with Gasteiger partial charge >= 0.3 is 0 Å². The van der Waals surface area contributed by atoms with Crippen LogP contribution in [0, 0.1) is 0 Å². The van der Waals surface area contributed by atoms with Gasteiger partial charge in [0.15, 0.2) is 6.29 Å². The number of carbonyl (C=O) groups is 1. The fourth-order valence-electron chi connectivity index (χ4n) is 5.76.